The number of ether oxygens (including phenoxy) is 1. The van der Waals surface area contributed by atoms with Crippen LogP contribution < -0.4 is 0 Å². The molecule has 5 heteroatoms. The molecule has 0 aromatic rings. The molecule has 0 aromatic carbocycles. The Kier molecular flexibility index (Phi) is 6.39. The lowest BCUT2D eigenvalue weighted by atomic mass is 9.68. The van der Waals surface area contributed by atoms with Crippen LogP contribution in [0.5, 0.6) is 0 Å². The molecule has 0 aliphatic carbocycles. The molecule has 0 radical (unpaired) electrons. The van der Waals surface area contributed by atoms with Gasteiger partial charge < -0.3 is 14.6 Å². The molecule has 1 fully saturated rings. The van der Waals surface area contributed by atoms with Crippen LogP contribution in [-0.4, -0.2) is 52.1 Å². The number of esters is 1. The quantitative estimate of drug-likeness (QED) is 0.575. The summed E-state index contributed by atoms with van der Waals surface area (Å²) in [6, 6.07) is 0. The van der Waals surface area contributed by atoms with Gasteiger partial charge in [-0.25, -0.2) is 0 Å². The van der Waals surface area contributed by atoms with E-state index in [2.05, 4.69) is 32.6 Å². The van der Waals surface area contributed by atoms with Crippen molar-refractivity contribution < 1.29 is 19.4 Å². The standard InChI is InChI=1S/C18H33NO4/c1-16(2)12-14(18(5,6)22)13-17(3,4)19(16)9-11-23-15(21)8-7-10-20/h10,14,22H,7-9,11-13H2,1-6H3. The Morgan fingerprint density at radius 2 is 1.78 bits per heavy atom. The Morgan fingerprint density at radius 1 is 1.26 bits per heavy atom. The number of nitrogens with zero attached hydrogens (tertiary/aromatic N) is 1. The van der Waals surface area contributed by atoms with Crippen molar-refractivity contribution in [3.63, 3.8) is 0 Å². The Bertz CT molecular complexity index is 405. The van der Waals surface area contributed by atoms with Gasteiger partial charge in [0.2, 0.25) is 0 Å². The fourth-order valence-corrected chi connectivity index (χ4v) is 3.92. The van der Waals surface area contributed by atoms with Crippen molar-refractivity contribution in [3.8, 4) is 0 Å². The Balaban J connectivity index is 2.67. The molecule has 1 aliphatic rings. The Hall–Kier alpha value is -0.940. The highest BCUT2D eigenvalue weighted by atomic mass is 16.5. The Labute approximate surface area is 140 Å². The lowest BCUT2D eigenvalue weighted by Crippen LogP contribution is -2.63. The molecule has 0 unspecified atom stereocenters. The molecule has 23 heavy (non-hydrogen) atoms. The lowest BCUT2D eigenvalue weighted by Gasteiger charge is -2.57. The second kappa shape index (κ2) is 7.31. The monoisotopic (exact) mass is 327 g/mol. The van der Waals surface area contributed by atoms with Gasteiger partial charge in [-0.2, -0.15) is 0 Å². The molecule has 5 nitrogen and oxygen atoms in total. The molecule has 1 N–H and O–H groups in total. The number of hydrogen-bond donors (Lipinski definition) is 1. The summed E-state index contributed by atoms with van der Waals surface area (Å²) in [5.74, 6) is -0.0852. The zero-order valence-corrected chi connectivity index (χ0v) is 15.5. The van der Waals surface area contributed by atoms with Crippen LogP contribution in [0.4, 0.5) is 0 Å². The summed E-state index contributed by atoms with van der Waals surface area (Å²) in [6.45, 7) is 13.5. The van der Waals surface area contributed by atoms with Crippen LogP contribution in [0.1, 0.15) is 67.2 Å². The van der Waals surface area contributed by atoms with Gasteiger partial charge in [-0.3, -0.25) is 9.69 Å². The molecule has 1 heterocycles. The van der Waals surface area contributed by atoms with E-state index >= 15 is 0 Å². The van der Waals surface area contributed by atoms with Crippen LogP contribution in [0.3, 0.4) is 0 Å². The number of aldehydes is 1. The molecule has 1 rings (SSSR count). The first-order valence-corrected chi connectivity index (χ1v) is 8.49. The summed E-state index contributed by atoms with van der Waals surface area (Å²) < 4.78 is 5.24. The van der Waals surface area contributed by atoms with E-state index in [1.54, 1.807) is 0 Å². The maximum absolute atomic E-state index is 11.5. The van der Waals surface area contributed by atoms with Crippen molar-refractivity contribution in [1.29, 1.82) is 0 Å². The van der Waals surface area contributed by atoms with E-state index in [1.807, 2.05) is 13.8 Å². The zero-order valence-electron chi connectivity index (χ0n) is 15.5. The molecule has 0 atom stereocenters. The minimum absolute atomic E-state index is 0.0817. The normalized spacial score (nSPS) is 21.9. The van der Waals surface area contributed by atoms with E-state index in [4.69, 9.17) is 4.74 Å². The van der Waals surface area contributed by atoms with Gasteiger partial charge in [0.05, 0.1) is 12.0 Å². The van der Waals surface area contributed by atoms with Crippen molar-refractivity contribution in [2.75, 3.05) is 13.2 Å². The summed E-state index contributed by atoms with van der Waals surface area (Å²) in [4.78, 5) is 24.2. The predicted octanol–water partition coefficient (Wildman–Crippen LogP) is 2.55. The molecule has 1 aliphatic heterocycles. The second-order valence-electron chi connectivity index (χ2n) is 8.46. The number of hydrogen-bond acceptors (Lipinski definition) is 5. The maximum Gasteiger partial charge on any atom is 0.306 e. The largest absolute Gasteiger partial charge is 0.464 e. The van der Waals surface area contributed by atoms with Crippen LogP contribution in [0, 0.1) is 5.92 Å². The van der Waals surface area contributed by atoms with Crippen LogP contribution in [0.2, 0.25) is 0 Å². The highest BCUT2D eigenvalue weighted by Crippen LogP contribution is 2.44. The van der Waals surface area contributed by atoms with Crippen molar-refractivity contribution in [3.05, 3.63) is 0 Å². The van der Waals surface area contributed by atoms with Gasteiger partial charge in [0.25, 0.3) is 0 Å². The molecule has 134 valence electrons. The van der Waals surface area contributed by atoms with Gasteiger partial charge in [-0.15, -0.1) is 0 Å². The third kappa shape index (κ3) is 5.57. The predicted molar refractivity (Wildman–Crippen MR) is 90.1 cm³/mol. The topological polar surface area (TPSA) is 66.8 Å². The third-order valence-corrected chi connectivity index (χ3v) is 5.00. The Morgan fingerprint density at radius 3 is 2.22 bits per heavy atom. The van der Waals surface area contributed by atoms with E-state index < -0.39 is 5.60 Å². The van der Waals surface area contributed by atoms with E-state index in [0.717, 1.165) is 19.1 Å². The smallest absolute Gasteiger partial charge is 0.306 e. The van der Waals surface area contributed by atoms with Gasteiger partial charge in [-0.05, 0) is 60.3 Å². The highest BCUT2D eigenvalue weighted by molar-refractivity contribution is 5.72. The zero-order chi connectivity index (χ0) is 17.9. The summed E-state index contributed by atoms with van der Waals surface area (Å²) in [6.07, 6.45) is 2.90. The van der Waals surface area contributed by atoms with Crippen LogP contribution in [-0.2, 0) is 14.3 Å². The van der Waals surface area contributed by atoms with Crippen molar-refractivity contribution in [1.82, 2.24) is 4.90 Å². The molecule has 1 saturated heterocycles. The van der Waals surface area contributed by atoms with Gasteiger partial charge in [-0.1, -0.05) is 0 Å². The molecular formula is C18H33NO4. The number of piperidine rings is 1. The average Bonchev–Trinajstić information content (AvgIpc) is 2.37. The number of likely N-dealkylation sites (tertiary alicyclic amines) is 1. The number of carbonyl (C=O) groups excluding carboxylic acids is 2. The second-order valence-corrected chi connectivity index (χ2v) is 8.46. The first kappa shape index (κ1) is 20.1. The van der Waals surface area contributed by atoms with E-state index in [9.17, 15) is 14.7 Å². The minimum atomic E-state index is -0.693. The van der Waals surface area contributed by atoms with E-state index in [-0.39, 0.29) is 35.8 Å². The maximum atomic E-state index is 11.5. The third-order valence-electron chi connectivity index (χ3n) is 5.00. The average molecular weight is 327 g/mol. The molecule has 0 bridgehead atoms. The summed E-state index contributed by atoms with van der Waals surface area (Å²) in [5.41, 5.74) is -0.856. The molecule has 0 aromatic heterocycles. The molecule has 0 amide bonds. The number of carbonyl (C=O) groups is 2. The van der Waals surface area contributed by atoms with Crippen molar-refractivity contribution in [2.45, 2.75) is 83.9 Å². The number of aliphatic hydroxyl groups is 1. The van der Waals surface area contributed by atoms with Crippen LogP contribution >= 0.6 is 0 Å². The van der Waals surface area contributed by atoms with Crippen LogP contribution in [0.15, 0.2) is 0 Å². The van der Waals surface area contributed by atoms with Gasteiger partial charge in [0.15, 0.2) is 0 Å². The molecular weight excluding hydrogens is 294 g/mol. The first-order chi connectivity index (χ1) is 10.4. The van der Waals surface area contributed by atoms with Gasteiger partial charge >= 0.3 is 5.97 Å². The molecule has 0 spiro atoms. The van der Waals surface area contributed by atoms with Crippen molar-refractivity contribution >= 4 is 12.3 Å². The summed E-state index contributed by atoms with van der Waals surface area (Å²) in [7, 11) is 0. The SMILES string of the molecule is CC(C)(O)C1CC(C)(C)N(CCOC(=O)CCC=O)C(C)(C)C1. The van der Waals surface area contributed by atoms with Crippen LogP contribution in [0.25, 0.3) is 0 Å². The van der Waals surface area contributed by atoms with E-state index in [1.165, 1.54) is 0 Å². The first-order valence-electron chi connectivity index (χ1n) is 8.49. The number of rotatable bonds is 7. The fourth-order valence-electron chi connectivity index (χ4n) is 3.92. The lowest BCUT2D eigenvalue weighted by molar-refractivity contribution is -0.148. The van der Waals surface area contributed by atoms with Gasteiger partial charge in [0.1, 0.15) is 12.9 Å². The van der Waals surface area contributed by atoms with Crippen molar-refractivity contribution in [2.24, 2.45) is 5.92 Å². The minimum Gasteiger partial charge on any atom is -0.464 e. The summed E-state index contributed by atoms with van der Waals surface area (Å²) in [5, 5.41) is 10.4. The van der Waals surface area contributed by atoms with Gasteiger partial charge in [0, 0.05) is 24.0 Å². The molecule has 0 saturated carbocycles. The fraction of sp³-hybridized carbons (Fsp3) is 0.889. The van der Waals surface area contributed by atoms with E-state index in [0.29, 0.717) is 13.2 Å². The highest BCUT2D eigenvalue weighted by Gasteiger charge is 2.48. The summed E-state index contributed by atoms with van der Waals surface area (Å²) >= 11 is 0.